The van der Waals surface area contributed by atoms with Crippen LogP contribution in [0.1, 0.15) is 25.7 Å². The van der Waals surface area contributed by atoms with Gasteiger partial charge in [0.25, 0.3) is 0 Å². The number of aromatic nitrogens is 2. The van der Waals surface area contributed by atoms with Gasteiger partial charge in [0, 0.05) is 13.2 Å². The molecule has 8 heteroatoms. The summed E-state index contributed by atoms with van der Waals surface area (Å²) in [5.74, 6) is 0.684. The van der Waals surface area contributed by atoms with Gasteiger partial charge in [-0.25, -0.2) is 4.98 Å². The highest BCUT2D eigenvalue weighted by Crippen LogP contribution is 2.30. The van der Waals surface area contributed by atoms with Crippen molar-refractivity contribution in [2.45, 2.75) is 25.7 Å². The highest BCUT2D eigenvalue weighted by Gasteiger charge is 2.25. The molecule has 1 aromatic rings. The van der Waals surface area contributed by atoms with Crippen molar-refractivity contribution in [3.63, 3.8) is 0 Å². The Balaban J connectivity index is 2.06. The highest BCUT2D eigenvalue weighted by molar-refractivity contribution is 5.56. The van der Waals surface area contributed by atoms with Crippen LogP contribution < -0.4 is 11.1 Å². The van der Waals surface area contributed by atoms with Gasteiger partial charge in [0.2, 0.25) is 11.8 Å². The van der Waals surface area contributed by atoms with E-state index in [-0.39, 0.29) is 30.0 Å². The predicted molar refractivity (Wildman–Crippen MR) is 74.1 cm³/mol. The van der Waals surface area contributed by atoms with E-state index >= 15 is 0 Å². The van der Waals surface area contributed by atoms with E-state index in [4.69, 9.17) is 5.73 Å². The standard InChI is InChI=1S/C12H19N5O3/c13-12-15-6-10(17(19)20)11(16-12)14-5-8-3-1-2-4-9(8)7-18/h6,8-9,18H,1-5,7H2,(H3,13,14,15,16). The van der Waals surface area contributed by atoms with Crippen molar-refractivity contribution in [1.82, 2.24) is 9.97 Å². The summed E-state index contributed by atoms with van der Waals surface area (Å²) in [5.41, 5.74) is 5.28. The third-order valence-electron chi connectivity index (χ3n) is 3.82. The third kappa shape index (κ3) is 3.32. The van der Waals surface area contributed by atoms with Crippen molar-refractivity contribution in [2.75, 3.05) is 24.2 Å². The number of nitrogens with two attached hydrogens (primary N) is 1. The zero-order chi connectivity index (χ0) is 14.5. The molecule has 0 aromatic carbocycles. The van der Waals surface area contributed by atoms with Crippen LogP contribution in [0.25, 0.3) is 0 Å². The molecule has 0 amide bonds. The van der Waals surface area contributed by atoms with E-state index < -0.39 is 4.92 Å². The minimum atomic E-state index is -0.536. The van der Waals surface area contributed by atoms with E-state index in [1.165, 1.54) is 0 Å². The molecule has 4 N–H and O–H groups in total. The second kappa shape index (κ2) is 6.47. The van der Waals surface area contributed by atoms with Crippen molar-refractivity contribution in [1.29, 1.82) is 0 Å². The SMILES string of the molecule is Nc1ncc([N+](=O)[O-])c(NCC2CCCCC2CO)n1. The van der Waals surface area contributed by atoms with Crippen LogP contribution in [0.5, 0.6) is 0 Å². The number of hydrogen-bond acceptors (Lipinski definition) is 7. The number of aliphatic hydroxyl groups excluding tert-OH is 1. The minimum Gasteiger partial charge on any atom is -0.396 e. The average molecular weight is 281 g/mol. The lowest BCUT2D eigenvalue weighted by molar-refractivity contribution is -0.384. The monoisotopic (exact) mass is 281 g/mol. The van der Waals surface area contributed by atoms with Crippen LogP contribution in [0.4, 0.5) is 17.5 Å². The van der Waals surface area contributed by atoms with Gasteiger partial charge in [0.15, 0.2) is 0 Å². The maximum absolute atomic E-state index is 10.9. The normalized spacial score (nSPS) is 22.4. The average Bonchev–Trinajstić information content (AvgIpc) is 2.45. The van der Waals surface area contributed by atoms with E-state index in [1.807, 2.05) is 0 Å². The number of aliphatic hydroxyl groups is 1. The lowest BCUT2D eigenvalue weighted by Gasteiger charge is -2.30. The summed E-state index contributed by atoms with van der Waals surface area (Å²) in [4.78, 5) is 17.9. The smallest absolute Gasteiger partial charge is 0.329 e. The van der Waals surface area contributed by atoms with E-state index in [9.17, 15) is 15.2 Å². The number of nitrogens with zero attached hydrogens (tertiary/aromatic N) is 3. The number of hydrogen-bond donors (Lipinski definition) is 3. The van der Waals surface area contributed by atoms with Gasteiger partial charge < -0.3 is 16.2 Å². The van der Waals surface area contributed by atoms with E-state index in [0.717, 1.165) is 31.9 Å². The van der Waals surface area contributed by atoms with Crippen LogP contribution in [0.15, 0.2) is 6.20 Å². The highest BCUT2D eigenvalue weighted by atomic mass is 16.6. The second-order valence-corrected chi connectivity index (χ2v) is 5.09. The molecule has 110 valence electrons. The quantitative estimate of drug-likeness (QED) is 0.546. The fraction of sp³-hybridized carbons (Fsp3) is 0.667. The van der Waals surface area contributed by atoms with Crippen LogP contribution in [0.2, 0.25) is 0 Å². The molecule has 1 aromatic heterocycles. The molecule has 1 fully saturated rings. The number of rotatable bonds is 5. The Morgan fingerprint density at radius 1 is 1.45 bits per heavy atom. The topological polar surface area (TPSA) is 127 Å². The van der Waals surface area contributed by atoms with Crippen molar-refractivity contribution in [2.24, 2.45) is 11.8 Å². The maximum Gasteiger partial charge on any atom is 0.329 e. The molecule has 0 bridgehead atoms. The summed E-state index contributed by atoms with van der Waals surface area (Å²) in [6.07, 6.45) is 5.36. The zero-order valence-corrected chi connectivity index (χ0v) is 11.2. The first-order valence-electron chi connectivity index (χ1n) is 6.73. The fourth-order valence-electron chi connectivity index (χ4n) is 2.67. The van der Waals surface area contributed by atoms with Crippen molar-refractivity contribution in [3.05, 3.63) is 16.3 Å². The zero-order valence-electron chi connectivity index (χ0n) is 11.2. The first kappa shape index (κ1) is 14.4. The Bertz CT molecular complexity index is 482. The molecule has 0 radical (unpaired) electrons. The Morgan fingerprint density at radius 3 is 2.80 bits per heavy atom. The van der Waals surface area contributed by atoms with Crippen molar-refractivity contribution in [3.8, 4) is 0 Å². The van der Waals surface area contributed by atoms with Gasteiger partial charge in [-0.3, -0.25) is 10.1 Å². The summed E-state index contributed by atoms with van der Waals surface area (Å²) in [6.45, 7) is 0.697. The second-order valence-electron chi connectivity index (χ2n) is 5.09. The fourth-order valence-corrected chi connectivity index (χ4v) is 2.67. The van der Waals surface area contributed by atoms with Crippen LogP contribution in [-0.2, 0) is 0 Å². The van der Waals surface area contributed by atoms with Gasteiger partial charge in [-0.1, -0.05) is 12.8 Å². The molecule has 1 heterocycles. The number of nitrogens with one attached hydrogen (secondary N) is 1. The van der Waals surface area contributed by atoms with Gasteiger partial charge in [0.05, 0.1) is 4.92 Å². The molecular weight excluding hydrogens is 262 g/mol. The summed E-state index contributed by atoms with van der Waals surface area (Å²) in [5, 5.41) is 23.3. The van der Waals surface area contributed by atoms with Gasteiger partial charge in [0.1, 0.15) is 6.20 Å². The number of anilines is 2. The van der Waals surface area contributed by atoms with E-state index in [2.05, 4.69) is 15.3 Å². The molecule has 1 aliphatic rings. The molecule has 8 nitrogen and oxygen atoms in total. The predicted octanol–water partition coefficient (Wildman–Crippen LogP) is 1.18. The molecule has 0 saturated heterocycles. The van der Waals surface area contributed by atoms with Gasteiger partial charge in [-0.15, -0.1) is 0 Å². The van der Waals surface area contributed by atoms with E-state index in [1.54, 1.807) is 0 Å². The summed E-state index contributed by atoms with van der Waals surface area (Å²) in [6, 6.07) is 0. The molecule has 0 aliphatic heterocycles. The molecule has 1 aliphatic carbocycles. The Hall–Kier alpha value is -1.96. The molecule has 2 atom stereocenters. The van der Waals surface area contributed by atoms with Crippen molar-refractivity contribution >= 4 is 17.5 Å². The van der Waals surface area contributed by atoms with Crippen molar-refractivity contribution < 1.29 is 10.0 Å². The van der Waals surface area contributed by atoms with Gasteiger partial charge >= 0.3 is 5.69 Å². The largest absolute Gasteiger partial charge is 0.396 e. The number of nitro groups is 1. The molecule has 1 saturated carbocycles. The summed E-state index contributed by atoms with van der Waals surface area (Å²) in [7, 11) is 0. The third-order valence-corrected chi connectivity index (χ3v) is 3.82. The first-order chi connectivity index (χ1) is 9.61. The first-order valence-corrected chi connectivity index (χ1v) is 6.73. The Labute approximate surface area is 116 Å². The maximum atomic E-state index is 10.9. The summed E-state index contributed by atoms with van der Waals surface area (Å²) < 4.78 is 0. The summed E-state index contributed by atoms with van der Waals surface area (Å²) >= 11 is 0. The molecule has 2 rings (SSSR count). The van der Waals surface area contributed by atoms with E-state index in [0.29, 0.717) is 12.5 Å². The number of nitrogen functional groups attached to an aromatic ring is 1. The van der Waals surface area contributed by atoms with Gasteiger partial charge in [-0.05, 0) is 24.7 Å². The molecule has 20 heavy (non-hydrogen) atoms. The van der Waals surface area contributed by atoms with Crippen LogP contribution in [0, 0.1) is 22.0 Å². The minimum absolute atomic E-state index is 0.000419. The lowest BCUT2D eigenvalue weighted by Crippen LogP contribution is -2.29. The van der Waals surface area contributed by atoms with Crippen LogP contribution in [-0.4, -0.2) is 33.1 Å². The molecule has 0 spiro atoms. The Kier molecular flexibility index (Phi) is 4.67. The lowest BCUT2D eigenvalue weighted by atomic mass is 9.79. The molecular formula is C12H19N5O3. The Morgan fingerprint density at radius 2 is 2.15 bits per heavy atom. The van der Waals surface area contributed by atoms with Crippen LogP contribution >= 0.6 is 0 Å². The molecule has 2 unspecified atom stereocenters. The van der Waals surface area contributed by atoms with Crippen LogP contribution in [0.3, 0.4) is 0 Å². The van der Waals surface area contributed by atoms with Gasteiger partial charge in [-0.2, -0.15) is 4.98 Å².